The number of rotatable bonds is 6. The first kappa shape index (κ1) is 16.5. The summed E-state index contributed by atoms with van der Waals surface area (Å²) in [6.07, 6.45) is 1.66. The number of aryl methyl sites for hydroxylation is 1. The standard InChI is InChI=1S/C19H16FN3O2/c1-23-19(6-7-22-23)15-10-16(20)12-18(11-15)25-9-8-24-17-4-2-14(13-21)3-5-17/h2-7,10-12H,8-9H2,1H3. The summed E-state index contributed by atoms with van der Waals surface area (Å²) in [6, 6.07) is 15.2. The average Bonchev–Trinajstić information content (AvgIpc) is 3.05. The molecular formula is C19H16FN3O2. The van der Waals surface area contributed by atoms with Crippen molar-refractivity contribution in [3.63, 3.8) is 0 Å². The number of hydrogen-bond acceptors (Lipinski definition) is 4. The van der Waals surface area contributed by atoms with E-state index in [1.807, 2.05) is 12.1 Å². The van der Waals surface area contributed by atoms with E-state index in [0.29, 0.717) is 29.2 Å². The highest BCUT2D eigenvalue weighted by Gasteiger charge is 2.07. The second-order valence-electron chi connectivity index (χ2n) is 5.35. The summed E-state index contributed by atoms with van der Waals surface area (Å²) >= 11 is 0. The normalized spacial score (nSPS) is 10.3. The lowest BCUT2D eigenvalue weighted by atomic mass is 10.1. The fourth-order valence-corrected chi connectivity index (χ4v) is 2.40. The van der Waals surface area contributed by atoms with E-state index < -0.39 is 0 Å². The molecule has 0 radical (unpaired) electrons. The first-order chi connectivity index (χ1) is 12.2. The van der Waals surface area contributed by atoms with Crippen molar-refractivity contribution >= 4 is 0 Å². The fraction of sp³-hybridized carbons (Fsp3) is 0.158. The Labute approximate surface area is 144 Å². The summed E-state index contributed by atoms with van der Waals surface area (Å²) in [4.78, 5) is 0. The highest BCUT2D eigenvalue weighted by Crippen LogP contribution is 2.25. The zero-order valence-corrected chi connectivity index (χ0v) is 13.6. The number of hydrogen-bond donors (Lipinski definition) is 0. The predicted octanol–water partition coefficient (Wildman–Crippen LogP) is 3.56. The van der Waals surface area contributed by atoms with Gasteiger partial charge in [-0.1, -0.05) is 0 Å². The Morgan fingerprint density at radius 3 is 2.40 bits per heavy atom. The molecule has 0 saturated carbocycles. The van der Waals surface area contributed by atoms with E-state index in [9.17, 15) is 4.39 Å². The van der Waals surface area contributed by atoms with E-state index in [4.69, 9.17) is 14.7 Å². The fourth-order valence-electron chi connectivity index (χ4n) is 2.40. The molecule has 2 aromatic carbocycles. The van der Waals surface area contributed by atoms with Gasteiger partial charge in [0.2, 0.25) is 0 Å². The van der Waals surface area contributed by atoms with Gasteiger partial charge in [-0.05, 0) is 42.5 Å². The maximum Gasteiger partial charge on any atom is 0.127 e. The second kappa shape index (κ2) is 7.49. The Hall–Kier alpha value is -3.33. The number of ether oxygens (including phenoxy) is 2. The molecular weight excluding hydrogens is 321 g/mol. The van der Waals surface area contributed by atoms with E-state index >= 15 is 0 Å². The minimum atomic E-state index is -0.373. The van der Waals surface area contributed by atoms with E-state index in [1.165, 1.54) is 12.1 Å². The zero-order chi connectivity index (χ0) is 17.6. The Balaban J connectivity index is 1.59. The third kappa shape index (κ3) is 4.15. The predicted molar refractivity (Wildman–Crippen MR) is 90.7 cm³/mol. The molecule has 1 aromatic heterocycles. The molecule has 0 atom stereocenters. The van der Waals surface area contributed by atoms with Crippen LogP contribution < -0.4 is 9.47 Å². The van der Waals surface area contributed by atoms with Crippen LogP contribution in [0.3, 0.4) is 0 Å². The van der Waals surface area contributed by atoms with Gasteiger partial charge in [-0.25, -0.2) is 4.39 Å². The number of nitriles is 1. The Morgan fingerprint density at radius 1 is 1.04 bits per heavy atom. The van der Waals surface area contributed by atoms with E-state index in [1.54, 1.807) is 48.3 Å². The number of benzene rings is 2. The average molecular weight is 337 g/mol. The third-order valence-corrected chi connectivity index (χ3v) is 3.59. The molecule has 0 amide bonds. The van der Waals surface area contributed by atoms with E-state index in [0.717, 1.165) is 5.69 Å². The zero-order valence-electron chi connectivity index (χ0n) is 13.6. The molecule has 5 nitrogen and oxygen atoms in total. The Bertz CT molecular complexity index is 898. The molecule has 0 saturated heterocycles. The lowest BCUT2D eigenvalue weighted by Gasteiger charge is -2.10. The van der Waals surface area contributed by atoms with E-state index in [-0.39, 0.29) is 12.4 Å². The van der Waals surface area contributed by atoms with Crippen molar-refractivity contribution in [2.24, 2.45) is 7.05 Å². The topological polar surface area (TPSA) is 60.1 Å². The van der Waals surface area contributed by atoms with Gasteiger partial charge in [0.25, 0.3) is 0 Å². The lowest BCUT2D eigenvalue weighted by Crippen LogP contribution is -2.09. The minimum absolute atomic E-state index is 0.272. The molecule has 0 fully saturated rings. The van der Waals surface area contributed by atoms with E-state index in [2.05, 4.69) is 5.10 Å². The summed E-state index contributed by atoms with van der Waals surface area (Å²) in [7, 11) is 1.80. The van der Waals surface area contributed by atoms with Gasteiger partial charge in [0.05, 0.1) is 17.3 Å². The first-order valence-electron chi connectivity index (χ1n) is 7.70. The number of halogens is 1. The quantitative estimate of drug-likeness (QED) is 0.645. The monoisotopic (exact) mass is 337 g/mol. The molecule has 0 unspecified atom stereocenters. The molecule has 0 bridgehead atoms. The maximum absolute atomic E-state index is 13.8. The lowest BCUT2D eigenvalue weighted by molar-refractivity contribution is 0.216. The molecule has 0 aliphatic rings. The van der Waals surface area contributed by atoms with Crippen molar-refractivity contribution in [1.29, 1.82) is 5.26 Å². The summed E-state index contributed by atoms with van der Waals surface area (Å²) in [5.41, 5.74) is 2.08. The van der Waals surface area contributed by atoms with Crippen molar-refractivity contribution < 1.29 is 13.9 Å². The molecule has 0 N–H and O–H groups in total. The maximum atomic E-state index is 13.8. The minimum Gasteiger partial charge on any atom is -0.490 e. The summed E-state index contributed by atoms with van der Waals surface area (Å²) in [6.45, 7) is 0.581. The largest absolute Gasteiger partial charge is 0.490 e. The van der Waals surface area contributed by atoms with Crippen molar-refractivity contribution in [2.45, 2.75) is 0 Å². The Morgan fingerprint density at radius 2 is 1.76 bits per heavy atom. The van der Waals surface area contributed by atoms with Crippen LogP contribution in [-0.4, -0.2) is 23.0 Å². The van der Waals surface area contributed by atoms with Crippen LogP contribution in [0, 0.1) is 17.1 Å². The highest BCUT2D eigenvalue weighted by molar-refractivity contribution is 5.61. The van der Waals surface area contributed by atoms with Crippen LogP contribution in [0.25, 0.3) is 11.3 Å². The third-order valence-electron chi connectivity index (χ3n) is 3.59. The molecule has 0 aliphatic carbocycles. The van der Waals surface area contributed by atoms with Crippen LogP contribution in [0.2, 0.25) is 0 Å². The van der Waals surface area contributed by atoms with Gasteiger partial charge in [0.1, 0.15) is 30.5 Å². The smallest absolute Gasteiger partial charge is 0.127 e. The van der Waals surface area contributed by atoms with Gasteiger partial charge in [-0.2, -0.15) is 10.4 Å². The second-order valence-corrected chi connectivity index (χ2v) is 5.35. The van der Waals surface area contributed by atoms with Gasteiger partial charge in [-0.15, -0.1) is 0 Å². The van der Waals surface area contributed by atoms with Crippen LogP contribution in [0.15, 0.2) is 54.7 Å². The van der Waals surface area contributed by atoms with Crippen LogP contribution in [0.4, 0.5) is 4.39 Å². The highest BCUT2D eigenvalue weighted by atomic mass is 19.1. The summed E-state index contributed by atoms with van der Waals surface area (Å²) in [5, 5.41) is 12.8. The SMILES string of the molecule is Cn1nccc1-c1cc(F)cc(OCCOc2ccc(C#N)cc2)c1. The van der Waals surface area contributed by atoms with Crippen LogP contribution in [0.1, 0.15) is 5.56 Å². The molecule has 3 aromatic rings. The summed E-state index contributed by atoms with van der Waals surface area (Å²) < 4.78 is 26.6. The molecule has 1 heterocycles. The molecule has 25 heavy (non-hydrogen) atoms. The van der Waals surface area contributed by atoms with Crippen molar-refractivity contribution in [3.8, 4) is 28.8 Å². The van der Waals surface area contributed by atoms with Crippen molar-refractivity contribution in [3.05, 3.63) is 66.1 Å². The number of nitrogens with zero attached hydrogens (tertiary/aromatic N) is 3. The van der Waals surface area contributed by atoms with Crippen LogP contribution in [-0.2, 0) is 7.05 Å². The van der Waals surface area contributed by atoms with Crippen LogP contribution >= 0.6 is 0 Å². The van der Waals surface area contributed by atoms with Gasteiger partial charge in [-0.3, -0.25) is 4.68 Å². The van der Waals surface area contributed by atoms with Gasteiger partial charge < -0.3 is 9.47 Å². The molecule has 3 rings (SSSR count). The van der Waals surface area contributed by atoms with Gasteiger partial charge in [0, 0.05) is 24.9 Å². The summed E-state index contributed by atoms with van der Waals surface area (Å²) in [5.74, 6) is 0.707. The van der Waals surface area contributed by atoms with Gasteiger partial charge >= 0.3 is 0 Å². The first-order valence-corrected chi connectivity index (χ1v) is 7.70. The molecule has 126 valence electrons. The Kier molecular flexibility index (Phi) is 4.95. The molecule has 0 aliphatic heterocycles. The number of aromatic nitrogens is 2. The van der Waals surface area contributed by atoms with Crippen LogP contribution in [0.5, 0.6) is 11.5 Å². The van der Waals surface area contributed by atoms with Gasteiger partial charge in [0.15, 0.2) is 0 Å². The van der Waals surface area contributed by atoms with Crippen molar-refractivity contribution in [1.82, 2.24) is 9.78 Å². The van der Waals surface area contributed by atoms with Crippen molar-refractivity contribution in [2.75, 3.05) is 13.2 Å². The molecule has 6 heteroatoms. The molecule has 0 spiro atoms.